The van der Waals surface area contributed by atoms with Gasteiger partial charge in [0, 0.05) is 12.4 Å². The summed E-state index contributed by atoms with van der Waals surface area (Å²) in [5.41, 5.74) is 1.83. The second-order valence-corrected chi connectivity index (χ2v) is 2.43. The Morgan fingerprint density at radius 2 is 1.14 bits per heavy atom. The molecule has 0 saturated carbocycles. The van der Waals surface area contributed by atoms with Gasteiger partial charge in [0.05, 0.1) is 11.4 Å². The van der Waals surface area contributed by atoms with Crippen LogP contribution >= 0.6 is 0 Å². The molecule has 0 aliphatic carbocycles. The van der Waals surface area contributed by atoms with Gasteiger partial charge in [-0.3, -0.25) is 9.97 Å². The van der Waals surface area contributed by atoms with Gasteiger partial charge in [-0.2, -0.15) is 0 Å². The van der Waals surface area contributed by atoms with Crippen LogP contribution in [0.15, 0.2) is 48.8 Å². The molecule has 0 aromatic carbocycles. The van der Waals surface area contributed by atoms with E-state index in [2.05, 4.69) is 9.97 Å². The van der Waals surface area contributed by atoms with E-state index in [4.69, 9.17) is 0 Å². The Kier molecular flexibility index (Phi) is 4.35. The molecule has 2 nitrogen and oxygen atoms in total. The number of hydrogen-bond acceptors (Lipinski definition) is 2. The lowest BCUT2D eigenvalue weighted by molar-refractivity contribution is 1.25. The third-order valence-electron chi connectivity index (χ3n) is 1.59. The van der Waals surface area contributed by atoms with Gasteiger partial charge >= 0.3 is 0 Å². The molecule has 0 bridgehead atoms. The molecule has 0 unspecified atom stereocenters. The molecule has 0 amide bonds. The molecule has 0 atom stereocenters. The first-order valence-electron chi connectivity index (χ1n) is 4.79. The zero-order chi connectivity index (χ0) is 10.2. The monoisotopic (exact) mass is 186 g/mol. The molecule has 0 spiro atoms. The molecule has 2 heteroatoms. The van der Waals surface area contributed by atoms with E-state index < -0.39 is 0 Å². The van der Waals surface area contributed by atoms with Crippen molar-refractivity contribution in [3.05, 3.63) is 48.8 Å². The van der Waals surface area contributed by atoms with E-state index in [1.54, 1.807) is 12.4 Å². The first kappa shape index (κ1) is 10.4. The highest BCUT2D eigenvalue weighted by molar-refractivity contribution is 5.52. The van der Waals surface area contributed by atoms with Crippen LogP contribution in [0.5, 0.6) is 0 Å². The zero-order valence-electron chi connectivity index (χ0n) is 8.51. The van der Waals surface area contributed by atoms with Crippen molar-refractivity contribution in [3.63, 3.8) is 0 Å². The van der Waals surface area contributed by atoms with E-state index in [-0.39, 0.29) is 0 Å². The Bertz CT molecular complexity index is 306. The molecule has 0 radical (unpaired) electrons. The first-order chi connectivity index (χ1) is 6.97. The van der Waals surface area contributed by atoms with Crippen molar-refractivity contribution in [1.29, 1.82) is 0 Å². The smallest absolute Gasteiger partial charge is 0.0886 e. The summed E-state index contributed by atoms with van der Waals surface area (Å²) >= 11 is 0. The quantitative estimate of drug-likeness (QED) is 0.683. The predicted octanol–water partition coefficient (Wildman–Crippen LogP) is 3.17. The number of aromatic nitrogens is 2. The highest BCUT2D eigenvalue weighted by atomic mass is 14.7. The van der Waals surface area contributed by atoms with Crippen LogP contribution in [0.25, 0.3) is 11.4 Å². The zero-order valence-corrected chi connectivity index (χ0v) is 8.51. The number of rotatable bonds is 1. The summed E-state index contributed by atoms with van der Waals surface area (Å²) in [5.74, 6) is 0. The van der Waals surface area contributed by atoms with Crippen LogP contribution in [-0.2, 0) is 0 Å². The summed E-state index contributed by atoms with van der Waals surface area (Å²) in [6.07, 6.45) is 3.54. The molecular formula is C12H14N2. The minimum absolute atomic E-state index is 0.915. The van der Waals surface area contributed by atoms with E-state index in [1.165, 1.54) is 0 Å². The number of pyridine rings is 2. The lowest BCUT2D eigenvalue weighted by Crippen LogP contribution is -1.83. The maximum absolute atomic E-state index is 4.19. The molecule has 2 aromatic heterocycles. The Labute approximate surface area is 84.7 Å². The van der Waals surface area contributed by atoms with Gasteiger partial charge in [-0.1, -0.05) is 26.0 Å². The summed E-state index contributed by atoms with van der Waals surface area (Å²) in [4.78, 5) is 8.37. The van der Waals surface area contributed by atoms with Crippen LogP contribution < -0.4 is 0 Å². The first-order valence-corrected chi connectivity index (χ1v) is 4.79. The fourth-order valence-electron chi connectivity index (χ4n) is 1.03. The third kappa shape index (κ3) is 2.66. The fourth-order valence-corrected chi connectivity index (χ4v) is 1.03. The maximum Gasteiger partial charge on any atom is 0.0886 e. The molecule has 0 saturated heterocycles. The average molecular weight is 186 g/mol. The number of nitrogens with zero attached hydrogens (tertiary/aromatic N) is 2. The molecule has 72 valence electrons. The molecule has 0 fully saturated rings. The van der Waals surface area contributed by atoms with Crippen molar-refractivity contribution in [1.82, 2.24) is 9.97 Å². The van der Waals surface area contributed by atoms with E-state index in [9.17, 15) is 0 Å². The van der Waals surface area contributed by atoms with Crippen molar-refractivity contribution < 1.29 is 0 Å². The Morgan fingerprint density at radius 1 is 0.714 bits per heavy atom. The maximum atomic E-state index is 4.19. The molecule has 14 heavy (non-hydrogen) atoms. The van der Waals surface area contributed by atoms with E-state index in [1.807, 2.05) is 50.2 Å². The molecular weight excluding hydrogens is 172 g/mol. The third-order valence-corrected chi connectivity index (χ3v) is 1.59. The van der Waals surface area contributed by atoms with Crippen LogP contribution in [0.1, 0.15) is 13.8 Å². The van der Waals surface area contributed by atoms with Crippen molar-refractivity contribution in [2.24, 2.45) is 0 Å². The van der Waals surface area contributed by atoms with Crippen LogP contribution in [0.4, 0.5) is 0 Å². The molecule has 2 heterocycles. The second kappa shape index (κ2) is 5.86. The van der Waals surface area contributed by atoms with Gasteiger partial charge in [0.2, 0.25) is 0 Å². The van der Waals surface area contributed by atoms with Gasteiger partial charge in [-0.25, -0.2) is 0 Å². The normalized spacial score (nSPS) is 8.71. The topological polar surface area (TPSA) is 25.8 Å². The van der Waals surface area contributed by atoms with Crippen molar-refractivity contribution >= 4 is 0 Å². The Morgan fingerprint density at radius 3 is 1.43 bits per heavy atom. The van der Waals surface area contributed by atoms with E-state index >= 15 is 0 Å². The second-order valence-electron chi connectivity index (χ2n) is 2.43. The van der Waals surface area contributed by atoms with Crippen molar-refractivity contribution in [3.8, 4) is 11.4 Å². The standard InChI is InChI=1S/C10H8N2.C2H6/c1-3-7-11-9(5-1)10-6-2-4-8-12-10;1-2/h1-8H;1-2H3. The molecule has 2 aromatic rings. The van der Waals surface area contributed by atoms with Crippen LogP contribution in [0.2, 0.25) is 0 Å². The molecule has 0 N–H and O–H groups in total. The minimum atomic E-state index is 0.915. The number of hydrogen-bond donors (Lipinski definition) is 0. The summed E-state index contributed by atoms with van der Waals surface area (Å²) in [7, 11) is 0. The minimum Gasteiger partial charge on any atom is -0.255 e. The van der Waals surface area contributed by atoms with Crippen LogP contribution in [0, 0.1) is 0 Å². The summed E-state index contributed by atoms with van der Waals surface area (Å²) in [6.45, 7) is 4.00. The van der Waals surface area contributed by atoms with Crippen LogP contribution in [-0.4, -0.2) is 9.97 Å². The van der Waals surface area contributed by atoms with E-state index in [0.29, 0.717) is 0 Å². The van der Waals surface area contributed by atoms with Gasteiger partial charge in [0.15, 0.2) is 0 Å². The van der Waals surface area contributed by atoms with E-state index in [0.717, 1.165) is 11.4 Å². The van der Waals surface area contributed by atoms with Crippen LogP contribution in [0.3, 0.4) is 0 Å². The largest absolute Gasteiger partial charge is 0.255 e. The average Bonchev–Trinajstić information content (AvgIpc) is 2.34. The lowest BCUT2D eigenvalue weighted by Gasteiger charge is -1.96. The summed E-state index contributed by atoms with van der Waals surface area (Å²) in [6, 6.07) is 11.6. The Balaban J connectivity index is 0.000000461. The molecule has 0 aliphatic heterocycles. The molecule has 2 rings (SSSR count). The van der Waals surface area contributed by atoms with Gasteiger partial charge in [-0.15, -0.1) is 0 Å². The highest BCUT2D eigenvalue weighted by Crippen LogP contribution is 2.10. The van der Waals surface area contributed by atoms with Gasteiger partial charge in [0.1, 0.15) is 0 Å². The van der Waals surface area contributed by atoms with Crippen molar-refractivity contribution in [2.45, 2.75) is 13.8 Å². The fraction of sp³-hybridized carbons (Fsp3) is 0.167. The SMILES string of the molecule is CC.c1ccc(-c2ccccn2)nc1. The predicted molar refractivity (Wildman–Crippen MR) is 58.8 cm³/mol. The van der Waals surface area contributed by atoms with Gasteiger partial charge in [-0.05, 0) is 24.3 Å². The Hall–Kier alpha value is -1.70. The molecule has 0 aliphatic rings. The van der Waals surface area contributed by atoms with Crippen molar-refractivity contribution in [2.75, 3.05) is 0 Å². The summed E-state index contributed by atoms with van der Waals surface area (Å²) < 4.78 is 0. The van der Waals surface area contributed by atoms with Gasteiger partial charge < -0.3 is 0 Å². The highest BCUT2D eigenvalue weighted by Gasteiger charge is 1.95. The lowest BCUT2D eigenvalue weighted by atomic mass is 10.2. The van der Waals surface area contributed by atoms with Gasteiger partial charge in [0.25, 0.3) is 0 Å². The summed E-state index contributed by atoms with van der Waals surface area (Å²) in [5, 5.41) is 0.